The van der Waals surface area contributed by atoms with E-state index in [0.29, 0.717) is 5.41 Å². The molecule has 1 aromatic heterocycles. The first-order valence-corrected chi connectivity index (χ1v) is 11.6. The zero-order valence-electron chi connectivity index (χ0n) is 17.5. The van der Waals surface area contributed by atoms with Crippen LogP contribution in [0.4, 0.5) is 0 Å². The first kappa shape index (κ1) is 19.8. The van der Waals surface area contributed by atoms with Crippen LogP contribution in [0, 0.1) is 5.41 Å². The van der Waals surface area contributed by atoms with Crippen LogP contribution in [0.2, 0.25) is 5.02 Å². The van der Waals surface area contributed by atoms with Gasteiger partial charge in [0.1, 0.15) is 0 Å². The van der Waals surface area contributed by atoms with Crippen molar-refractivity contribution < 1.29 is 0 Å². The fourth-order valence-corrected chi connectivity index (χ4v) is 5.41. The van der Waals surface area contributed by atoms with Crippen LogP contribution in [0.5, 0.6) is 0 Å². The first-order valence-electron chi connectivity index (χ1n) is 11.2. The van der Waals surface area contributed by atoms with Crippen LogP contribution in [0.15, 0.2) is 66.9 Å². The molecule has 3 aromatic rings. The van der Waals surface area contributed by atoms with Crippen LogP contribution < -0.4 is 0 Å². The van der Waals surface area contributed by atoms with E-state index in [1.807, 2.05) is 18.3 Å². The Morgan fingerprint density at radius 2 is 1.30 bits per heavy atom. The molecule has 2 aromatic carbocycles. The van der Waals surface area contributed by atoms with Crippen molar-refractivity contribution in [3.63, 3.8) is 0 Å². The minimum Gasteiger partial charge on any atom is -0.297 e. The summed E-state index contributed by atoms with van der Waals surface area (Å²) in [6, 6.07) is 21.2. The molecule has 30 heavy (non-hydrogen) atoms. The van der Waals surface area contributed by atoms with Gasteiger partial charge in [-0.2, -0.15) is 0 Å². The summed E-state index contributed by atoms with van der Waals surface area (Å²) in [5.74, 6) is 0. The van der Waals surface area contributed by atoms with Gasteiger partial charge in [0, 0.05) is 17.8 Å². The summed E-state index contributed by atoms with van der Waals surface area (Å²) in [5, 5.41) is 0.770. The summed E-state index contributed by atoms with van der Waals surface area (Å²) in [6.45, 7) is 3.41. The Hall–Kier alpha value is -2.16. The van der Waals surface area contributed by atoms with Crippen molar-refractivity contribution in [2.45, 2.75) is 45.1 Å². The molecule has 0 radical (unpaired) electrons. The van der Waals surface area contributed by atoms with Crippen molar-refractivity contribution in [3.8, 4) is 22.3 Å². The predicted molar refractivity (Wildman–Crippen MR) is 126 cm³/mol. The number of hydrogen-bond acceptors (Lipinski definition) is 2. The molecule has 0 N–H and O–H groups in total. The summed E-state index contributed by atoms with van der Waals surface area (Å²) in [4.78, 5) is 7.26. The number of aromatic nitrogens is 1. The first-order chi connectivity index (χ1) is 14.7. The standard InChI is InChI=1S/C27H29ClN2/c28-25-9-7-22(8-10-25)21-3-5-23(6-4-21)24-11-16-29-26(19-24)20-30-17-14-27(15-18-30)12-1-2-13-27/h3-11,16,19H,1-2,12-15,17-18,20H2. The van der Waals surface area contributed by atoms with Gasteiger partial charge >= 0.3 is 0 Å². The monoisotopic (exact) mass is 416 g/mol. The molecule has 2 heterocycles. The van der Waals surface area contributed by atoms with Gasteiger partial charge in [-0.15, -0.1) is 0 Å². The van der Waals surface area contributed by atoms with Crippen molar-refractivity contribution in [2.75, 3.05) is 13.1 Å². The molecule has 2 aliphatic rings. The lowest BCUT2D eigenvalue weighted by molar-refractivity contribution is 0.103. The molecule has 0 unspecified atom stereocenters. The second kappa shape index (κ2) is 8.53. The summed E-state index contributed by atoms with van der Waals surface area (Å²) in [6.07, 6.45) is 10.5. The number of halogens is 1. The minimum atomic E-state index is 0.678. The average Bonchev–Trinajstić information content (AvgIpc) is 3.25. The largest absolute Gasteiger partial charge is 0.297 e. The maximum atomic E-state index is 6.01. The van der Waals surface area contributed by atoms with Crippen molar-refractivity contribution in [1.82, 2.24) is 9.88 Å². The van der Waals surface area contributed by atoms with Crippen LogP contribution in [-0.4, -0.2) is 23.0 Å². The van der Waals surface area contributed by atoms with E-state index in [9.17, 15) is 0 Å². The number of pyridine rings is 1. The molecule has 1 aliphatic heterocycles. The van der Waals surface area contributed by atoms with Crippen LogP contribution in [0.25, 0.3) is 22.3 Å². The molecule has 5 rings (SSSR count). The van der Waals surface area contributed by atoms with E-state index in [4.69, 9.17) is 11.6 Å². The van der Waals surface area contributed by atoms with Crippen LogP contribution in [0.3, 0.4) is 0 Å². The molecule has 1 saturated heterocycles. The molecule has 3 heteroatoms. The number of hydrogen-bond donors (Lipinski definition) is 0. The van der Waals surface area contributed by atoms with Gasteiger partial charge in [0.25, 0.3) is 0 Å². The average molecular weight is 417 g/mol. The molecule has 154 valence electrons. The Kier molecular flexibility index (Phi) is 5.62. The van der Waals surface area contributed by atoms with Gasteiger partial charge in [-0.25, -0.2) is 0 Å². The lowest BCUT2D eigenvalue weighted by atomic mass is 9.77. The maximum Gasteiger partial charge on any atom is 0.0550 e. The van der Waals surface area contributed by atoms with E-state index < -0.39 is 0 Å². The highest BCUT2D eigenvalue weighted by molar-refractivity contribution is 6.30. The fraction of sp³-hybridized carbons (Fsp3) is 0.370. The highest BCUT2D eigenvalue weighted by Crippen LogP contribution is 2.46. The van der Waals surface area contributed by atoms with Crippen molar-refractivity contribution in [1.29, 1.82) is 0 Å². The van der Waals surface area contributed by atoms with Gasteiger partial charge in [0.2, 0.25) is 0 Å². The molecule has 0 amide bonds. The third-order valence-corrected chi connectivity index (χ3v) is 7.43. The summed E-state index contributed by atoms with van der Waals surface area (Å²) < 4.78 is 0. The van der Waals surface area contributed by atoms with Gasteiger partial charge in [-0.1, -0.05) is 60.8 Å². The number of likely N-dealkylation sites (tertiary alicyclic amines) is 1. The highest BCUT2D eigenvalue weighted by atomic mass is 35.5. The van der Waals surface area contributed by atoms with Gasteiger partial charge in [-0.3, -0.25) is 9.88 Å². The lowest BCUT2D eigenvalue weighted by Crippen LogP contribution is -2.38. The molecule has 0 bridgehead atoms. The van der Waals surface area contributed by atoms with Gasteiger partial charge in [0.05, 0.1) is 5.69 Å². The second-order valence-electron chi connectivity index (χ2n) is 9.10. The van der Waals surface area contributed by atoms with E-state index in [-0.39, 0.29) is 0 Å². The number of nitrogens with zero attached hydrogens (tertiary/aromatic N) is 2. The smallest absolute Gasteiger partial charge is 0.0550 e. The Morgan fingerprint density at radius 3 is 1.93 bits per heavy atom. The van der Waals surface area contributed by atoms with Crippen molar-refractivity contribution in [2.24, 2.45) is 5.41 Å². The number of piperidine rings is 1. The van der Waals surface area contributed by atoms with Crippen molar-refractivity contribution in [3.05, 3.63) is 77.6 Å². The van der Waals surface area contributed by atoms with Gasteiger partial charge in [0.15, 0.2) is 0 Å². The summed E-state index contributed by atoms with van der Waals surface area (Å²) in [5.41, 5.74) is 6.73. The minimum absolute atomic E-state index is 0.678. The Balaban J connectivity index is 1.26. The Labute approximate surface area is 184 Å². The molecular formula is C27H29ClN2. The molecule has 2 nitrogen and oxygen atoms in total. The number of rotatable bonds is 4. The second-order valence-corrected chi connectivity index (χ2v) is 9.54. The third-order valence-electron chi connectivity index (χ3n) is 7.18. The Morgan fingerprint density at radius 1 is 0.733 bits per heavy atom. The van der Waals surface area contributed by atoms with E-state index >= 15 is 0 Å². The van der Waals surface area contributed by atoms with Crippen LogP contribution >= 0.6 is 11.6 Å². The molecule has 0 atom stereocenters. The summed E-state index contributed by atoms with van der Waals surface area (Å²) >= 11 is 6.01. The molecule has 1 saturated carbocycles. The normalized spacial score (nSPS) is 18.7. The lowest BCUT2D eigenvalue weighted by Gasteiger charge is -2.39. The SMILES string of the molecule is Clc1ccc(-c2ccc(-c3ccnc(CN4CCC5(CCCC5)CC4)c3)cc2)cc1. The summed E-state index contributed by atoms with van der Waals surface area (Å²) in [7, 11) is 0. The quantitative estimate of drug-likeness (QED) is 0.446. The van der Waals surface area contributed by atoms with Crippen molar-refractivity contribution >= 4 is 11.6 Å². The zero-order valence-corrected chi connectivity index (χ0v) is 18.2. The van der Waals surface area contributed by atoms with Crippen LogP contribution in [0.1, 0.15) is 44.2 Å². The maximum absolute atomic E-state index is 6.01. The molecule has 1 aliphatic carbocycles. The number of benzene rings is 2. The van der Waals surface area contributed by atoms with Crippen LogP contribution in [-0.2, 0) is 6.54 Å². The molecular weight excluding hydrogens is 388 g/mol. The predicted octanol–water partition coefficient (Wildman–Crippen LogP) is 7.23. The van der Waals surface area contributed by atoms with E-state index in [0.717, 1.165) is 11.6 Å². The molecule has 1 spiro atoms. The fourth-order valence-electron chi connectivity index (χ4n) is 5.28. The highest BCUT2D eigenvalue weighted by Gasteiger charge is 2.36. The third kappa shape index (κ3) is 4.31. The van der Waals surface area contributed by atoms with Gasteiger partial charge < -0.3 is 0 Å². The molecule has 2 fully saturated rings. The zero-order chi connectivity index (χ0) is 20.4. The topological polar surface area (TPSA) is 16.1 Å². The van der Waals surface area contributed by atoms with E-state index in [2.05, 4.69) is 58.4 Å². The van der Waals surface area contributed by atoms with E-state index in [1.54, 1.807) is 0 Å². The van der Waals surface area contributed by atoms with E-state index in [1.165, 1.54) is 79.6 Å². The van der Waals surface area contributed by atoms with Gasteiger partial charge in [-0.05, 0) is 90.7 Å². The Bertz CT molecular complexity index is 978.